The first-order valence-corrected chi connectivity index (χ1v) is 13.1. The zero-order chi connectivity index (χ0) is 25.4. The van der Waals surface area contributed by atoms with E-state index in [1.165, 1.54) is 4.57 Å². The smallest absolute Gasteiger partial charge is 0.266 e. The quantitative estimate of drug-likeness (QED) is 0.397. The van der Waals surface area contributed by atoms with E-state index in [4.69, 9.17) is 4.98 Å². The Morgan fingerprint density at radius 2 is 1.57 bits per heavy atom. The SMILES string of the molecule is Cc1ccc(-n2c(C(C)NS(=O)(=O)c3ccc(CC(C)(C)C)cc3)nc3ccccc3c2=O)cc1. The van der Waals surface area contributed by atoms with E-state index in [0.29, 0.717) is 22.4 Å². The molecule has 0 radical (unpaired) electrons. The van der Waals surface area contributed by atoms with Crippen LogP contribution in [0.5, 0.6) is 0 Å². The summed E-state index contributed by atoms with van der Waals surface area (Å²) in [6.45, 7) is 10.1. The summed E-state index contributed by atoms with van der Waals surface area (Å²) in [5, 5.41) is 0.473. The van der Waals surface area contributed by atoms with E-state index in [0.717, 1.165) is 17.5 Å². The molecule has 0 spiro atoms. The maximum absolute atomic E-state index is 13.5. The van der Waals surface area contributed by atoms with Gasteiger partial charge in [0.1, 0.15) is 5.82 Å². The first kappa shape index (κ1) is 24.8. The summed E-state index contributed by atoms with van der Waals surface area (Å²) in [6, 6.07) is 20.8. The molecule has 1 heterocycles. The second kappa shape index (κ2) is 9.40. The third kappa shape index (κ3) is 5.52. The van der Waals surface area contributed by atoms with Crippen LogP contribution in [-0.2, 0) is 16.4 Å². The topological polar surface area (TPSA) is 81.1 Å². The monoisotopic (exact) mass is 489 g/mol. The first-order valence-electron chi connectivity index (χ1n) is 11.6. The molecule has 4 aromatic rings. The lowest BCUT2D eigenvalue weighted by Crippen LogP contribution is -2.33. The van der Waals surface area contributed by atoms with E-state index in [9.17, 15) is 13.2 Å². The van der Waals surface area contributed by atoms with Crippen molar-refractivity contribution in [3.8, 4) is 5.69 Å². The number of hydrogen-bond donors (Lipinski definition) is 1. The van der Waals surface area contributed by atoms with Crippen LogP contribution in [0.2, 0.25) is 0 Å². The van der Waals surface area contributed by atoms with Crippen molar-refractivity contribution in [2.45, 2.75) is 52.0 Å². The van der Waals surface area contributed by atoms with Crippen molar-refractivity contribution in [2.24, 2.45) is 5.41 Å². The number of sulfonamides is 1. The van der Waals surface area contributed by atoms with Crippen molar-refractivity contribution in [1.29, 1.82) is 0 Å². The van der Waals surface area contributed by atoms with Gasteiger partial charge in [0.25, 0.3) is 5.56 Å². The molecular weight excluding hydrogens is 458 g/mol. The van der Waals surface area contributed by atoms with Crippen LogP contribution in [0, 0.1) is 12.3 Å². The minimum Gasteiger partial charge on any atom is -0.268 e. The summed E-state index contributed by atoms with van der Waals surface area (Å²) in [5.41, 5.74) is 3.15. The second-order valence-electron chi connectivity index (χ2n) is 10.2. The molecular formula is C28H31N3O3S. The zero-order valence-corrected chi connectivity index (χ0v) is 21.6. The Morgan fingerprint density at radius 3 is 2.20 bits per heavy atom. The molecule has 0 fully saturated rings. The van der Waals surface area contributed by atoms with Crippen molar-refractivity contribution in [1.82, 2.24) is 14.3 Å². The van der Waals surface area contributed by atoms with Crippen LogP contribution in [0.3, 0.4) is 0 Å². The number of fused-ring (bicyclic) bond motifs is 1. The molecule has 0 aliphatic rings. The largest absolute Gasteiger partial charge is 0.268 e. The lowest BCUT2D eigenvalue weighted by atomic mass is 9.88. The predicted octanol–water partition coefficient (Wildman–Crippen LogP) is 5.32. The highest BCUT2D eigenvalue weighted by Crippen LogP contribution is 2.23. The van der Waals surface area contributed by atoms with Gasteiger partial charge >= 0.3 is 0 Å². The number of para-hydroxylation sites is 1. The predicted molar refractivity (Wildman–Crippen MR) is 140 cm³/mol. The third-order valence-electron chi connectivity index (χ3n) is 5.78. The number of rotatable bonds is 6. The Morgan fingerprint density at radius 1 is 0.943 bits per heavy atom. The van der Waals surface area contributed by atoms with E-state index in [1.54, 1.807) is 37.3 Å². The molecule has 3 aromatic carbocycles. The van der Waals surface area contributed by atoms with Gasteiger partial charge in [-0.1, -0.05) is 62.7 Å². The van der Waals surface area contributed by atoms with E-state index >= 15 is 0 Å². The fourth-order valence-electron chi connectivity index (χ4n) is 4.14. The summed E-state index contributed by atoms with van der Waals surface area (Å²) in [7, 11) is -3.85. The molecule has 1 N–H and O–H groups in total. The Bertz CT molecular complexity index is 1520. The maximum atomic E-state index is 13.5. The molecule has 1 unspecified atom stereocenters. The second-order valence-corrected chi connectivity index (χ2v) is 11.9. The van der Waals surface area contributed by atoms with E-state index in [1.807, 2.05) is 49.4 Å². The van der Waals surface area contributed by atoms with E-state index < -0.39 is 16.1 Å². The van der Waals surface area contributed by atoms with Crippen molar-refractivity contribution in [3.63, 3.8) is 0 Å². The molecule has 6 nitrogen and oxygen atoms in total. The number of nitrogens with one attached hydrogen (secondary N) is 1. The molecule has 1 atom stereocenters. The Labute approximate surface area is 206 Å². The van der Waals surface area contributed by atoms with Crippen molar-refractivity contribution in [2.75, 3.05) is 0 Å². The molecule has 0 bridgehead atoms. The van der Waals surface area contributed by atoms with Crippen LogP contribution in [0.1, 0.15) is 50.7 Å². The van der Waals surface area contributed by atoms with Crippen LogP contribution in [-0.4, -0.2) is 18.0 Å². The molecule has 0 aliphatic carbocycles. The van der Waals surface area contributed by atoms with Gasteiger partial charge in [0.05, 0.1) is 27.5 Å². The van der Waals surface area contributed by atoms with Crippen LogP contribution in [0.4, 0.5) is 0 Å². The molecule has 0 saturated heterocycles. The van der Waals surface area contributed by atoms with Gasteiger partial charge in [-0.15, -0.1) is 0 Å². The Balaban J connectivity index is 1.74. The van der Waals surface area contributed by atoms with Gasteiger partial charge in [-0.2, -0.15) is 0 Å². The summed E-state index contributed by atoms with van der Waals surface area (Å²) in [4.78, 5) is 18.3. The highest BCUT2D eigenvalue weighted by Gasteiger charge is 2.24. The van der Waals surface area contributed by atoms with Gasteiger partial charge in [-0.05, 0) is 67.6 Å². The summed E-state index contributed by atoms with van der Waals surface area (Å²) in [6.07, 6.45) is 0.848. The maximum Gasteiger partial charge on any atom is 0.266 e. The fraction of sp³-hybridized carbons (Fsp3) is 0.286. The highest BCUT2D eigenvalue weighted by atomic mass is 32.2. The fourth-order valence-corrected chi connectivity index (χ4v) is 5.34. The molecule has 0 saturated carbocycles. The van der Waals surface area contributed by atoms with Crippen LogP contribution >= 0.6 is 0 Å². The lowest BCUT2D eigenvalue weighted by Gasteiger charge is -2.20. The number of nitrogens with zero attached hydrogens (tertiary/aromatic N) is 2. The number of aryl methyl sites for hydroxylation is 1. The van der Waals surface area contributed by atoms with Gasteiger partial charge in [0.2, 0.25) is 10.0 Å². The summed E-state index contributed by atoms with van der Waals surface area (Å²) < 4.78 is 30.7. The highest BCUT2D eigenvalue weighted by molar-refractivity contribution is 7.89. The normalized spacial score (nSPS) is 13.2. The van der Waals surface area contributed by atoms with Gasteiger partial charge in [-0.25, -0.2) is 18.1 Å². The average Bonchev–Trinajstić information content (AvgIpc) is 2.79. The molecule has 1 aromatic heterocycles. The zero-order valence-electron chi connectivity index (χ0n) is 20.7. The van der Waals surface area contributed by atoms with Gasteiger partial charge in [-0.3, -0.25) is 9.36 Å². The Kier molecular flexibility index (Phi) is 6.66. The summed E-state index contributed by atoms with van der Waals surface area (Å²) in [5.74, 6) is 0.325. The molecule has 0 amide bonds. The van der Waals surface area contributed by atoms with Gasteiger partial charge in [0.15, 0.2) is 0 Å². The van der Waals surface area contributed by atoms with E-state index in [-0.39, 0.29) is 15.9 Å². The molecule has 4 rings (SSSR count). The number of hydrogen-bond acceptors (Lipinski definition) is 4. The summed E-state index contributed by atoms with van der Waals surface area (Å²) >= 11 is 0. The van der Waals surface area contributed by atoms with Gasteiger partial charge in [0, 0.05) is 0 Å². The standard InChI is InChI=1S/C28H31N3O3S/c1-19-10-14-22(15-11-19)31-26(29-25-9-7-6-8-24(25)27(31)32)20(2)30-35(33,34)23-16-12-21(13-17-23)18-28(3,4)5/h6-17,20,30H,18H2,1-5H3. The molecule has 0 aliphatic heterocycles. The van der Waals surface area contributed by atoms with Crippen molar-refractivity contribution in [3.05, 3.63) is 100 Å². The molecule has 182 valence electrons. The number of aromatic nitrogens is 2. The minimum atomic E-state index is -3.85. The van der Waals surface area contributed by atoms with Crippen LogP contribution < -0.4 is 10.3 Å². The van der Waals surface area contributed by atoms with Crippen molar-refractivity contribution < 1.29 is 8.42 Å². The van der Waals surface area contributed by atoms with Crippen LogP contribution in [0.15, 0.2) is 82.5 Å². The van der Waals surface area contributed by atoms with E-state index in [2.05, 4.69) is 25.5 Å². The molecule has 35 heavy (non-hydrogen) atoms. The van der Waals surface area contributed by atoms with Crippen molar-refractivity contribution >= 4 is 20.9 Å². The Hall–Kier alpha value is -3.29. The van der Waals surface area contributed by atoms with Crippen LogP contribution in [0.25, 0.3) is 16.6 Å². The molecule has 7 heteroatoms. The average molecular weight is 490 g/mol. The first-order chi connectivity index (χ1) is 16.4. The third-order valence-corrected chi connectivity index (χ3v) is 7.34. The van der Waals surface area contributed by atoms with Gasteiger partial charge < -0.3 is 0 Å². The number of benzene rings is 3. The minimum absolute atomic E-state index is 0.106. The lowest BCUT2D eigenvalue weighted by molar-refractivity contribution is 0.411.